The number of anilines is 2. The lowest BCUT2D eigenvalue weighted by Gasteiger charge is -2.22. The molecule has 0 aromatic heterocycles. The SMILES string of the molecule is COc1cccc(C(=O)N(C)c2ccc(C)cc2OCc2ccc(C3=NCCO3)cc2)c1N. The highest BCUT2D eigenvalue weighted by Crippen LogP contribution is 2.32. The normalized spacial score (nSPS) is 12.6. The minimum absolute atomic E-state index is 0.248. The van der Waals surface area contributed by atoms with Gasteiger partial charge in [0.2, 0.25) is 5.90 Å². The number of carbonyl (C=O) groups excluding carboxylic acids is 1. The number of methoxy groups -OCH3 is 1. The van der Waals surface area contributed by atoms with Crippen LogP contribution < -0.4 is 20.1 Å². The molecule has 0 atom stereocenters. The Kier molecular flexibility index (Phi) is 6.49. The number of aliphatic imine (C=N–C) groups is 1. The predicted molar refractivity (Wildman–Crippen MR) is 129 cm³/mol. The van der Waals surface area contributed by atoms with Crippen LogP contribution in [0, 0.1) is 6.92 Å². The van der Waals surface area contributed by atoms with Crippen molar-refractivity contribution >= 4 is 23.2 Å². The number of hydrogen-bond acceptors (Lipinski definition) is 6. The molecule has 170 valence electrons. The van der Waals surface area contributed by atoms with Gasteiger partial charge in [-0.3, -0.25) is 4.79 Å². The molecule has 0 aliphatic carbocycles. The Morgan fingerprint density at radius 1 is 1.12 bits per heavy atom. The van der Waals surface area contributed by atoms with Gasteiger partial charge in [-0.15, -0.1) is 0 Å². The maximum atomic E-state index is 13.2. The Bertz CT molecular complexity index is 1190. The van der Waals surface area contributed by atoms with Crippen LogP contribution in [0.5, 0.6) is 11.5 Å². The molecule has 0 saturated heterocycles. The number of para-hydroxylation sites is 1. The highest BCUT2D eigenvalue weighted by atomic mass is 16.5. The quantitative estimate of drug-likeness (QED) is 0.551. The Balaban J connectivity index is 1.53. The summed E-state index contributed by atoms with van der Waals surface area (Å²) in [6.07, 6.45) is 0. The van der Waals surface area contributed by atoms with E-state index in [1.54, 1.807) is 30.1 Å². The molecule has 3 aromatic rings. The summed E-state index contributed by atoms with van der Waals surface area (Å²) in [5, 5.41) is 0. The summed E-state index contributed by atoms with van der Waals surface area (Å²) in [6, 6.07) is 18.8. The van der Waals surface area contributed by atoms with Crippen LogP contribution in [0.4, 0.5) is 11.4 Å². The number of amides is 1. The van der Waals surface area contributed by atoms with Crippen LogP contribution in [0.2, 0.25) is 0 Å². The van der Waals surface area contributed by atoms with Gasteiger partial charge in [0.1, 0.15) is 24.7 Å². The average Bonchev–Trinajstić information content (AvgIpc) is 3.37. The van der Waals surface area contributed by atoms with Crippen molar-refractivity contribution in [3.8, 4) is 11.5 Å². The van der Waals surface area contributed by atoms with Crippen molar-refractivity contribution in [2.24, 2.45) is 4.99 Å². The van der Waals surface area contributed by atoms with E-state index in [0.717, 1.165) is 16.7 Å². The van der Waals surface area contributed by atoms with Gasteiger partial charge in [-0.05, 0) is 54.4 Å². The summed E-state index contributed by atoms with van der Waals surface area (Å²) in [5.74, 6) is 1.51. The zero-order valence-electron chi connectivity index (χ0n) is 19.0. The van der Waals surface area contributed by atoms with Gasteiger partial charge in [-0.25, -0.2) is 4.99 Å². The Morgan fingerprint density at radius 3 is 2.61 bits per heavy atom. The van der Waals surface area contributed by atoms with Gasteiger partial charge in [0.25, 0.3) is 5.91 Å². The standard InChI is InChI=1S/C26H27N3O4/c1-17-7-12-21(29(2)26(30)20-5-4-6-22(31-3)24(20)27)23(15-17)33-16-18-8-10-19(11-9-18)25-28-13-14-32-25/h4-12,15H,13-14,16,27H2,1-3H3. The molecule has 7 heteroatoms. The molecule has 1 aliphatic rings. The summed E-state index contributed by atoms with van der Waals surface area (Å²) in [7, 11) is 3.23. The summed E-state index contributed by atoms with van der Waals surface area (Å²) in [6.45, 7) is 3.66. The summed E-state index contributed by atoms with van der Waals surface area (Å²) < 4.78 is 16.9. The molecule has 1 heterocycles. The van der Waals surface area contributed by atoms with Crippen LogP contribution >= 0.6 is 0 Å². The second-order valence-corrected chi connectivity index (χ2v) is 7.78. The number of rotatable bonds is 7. The number of nitrogen functional groups attached to an aromatic ring is 1. The molecular weight excluding hydrogens is 418 g/mol. The van der Waals surface area contributed by atoms with Gasteiger partial charge in [-0.2, -0.15) is 0 Å². The van der Waals surface area contributed by atoms with Gasteiger partial charge >= 0.3 is 0 Å². The number of nitrogens with zero attached hydrogens (tertiary/aromatic N) is 2. The number of ether oxygens (including phenoxy) is 3. The summed E-state index contributed by atoms with van der Waals surface area (Å²) >= 11 is 0. The van der Waals surface area contributed by atoms with E-state index in [1.807, 2.05) is 49.4 Å². The van der Waals surface area contributed by atoms with Gasteiger partial charge in [0.15, 0.2) is 0 Å². The third-order valence-corrected chi connectivity index (χ3v) is 5.48. The molecular formula is C26H27N3O4. The minimum atomic E-state index is -0.248. The van der Waals surface area contributed by atoms with Crippen molar-refractivity contribution in [1.29, 1.82) is 0 Å². The maximum Gasteiger partial charge on any atom is 0.260 e. The highest BCUT2D eigenvalue weighted by Gasteiger charge is 2.21. The largest absolute Gasteiger partial charge is 0.495 e. The Labute approximate surface area is 193 Å². The lowest BCUT2D eigenvalue weighted by molar-refractivity contribution is 0.0992. The van der Waals surface area contributed by atoms with Crippen LogP contribution in [0.1, 0.15) is 27.0 Å². The van der Waals surface area contributed by atoms with Gasteiger partial charge in [0.05, 0.1) is 30.6 Å². The number of aryl methyl sites for hydroxylation is 1. The van der Waals surface area contributed by atoms with E-state index in [-0.39, 0.29) is 5.91 Å². The van der Waals surface area contributed by atoms with Crippen LogP contribution in [0.25, 0.3) is 0 Å². The molecule has 0 radical (unpaired) electrons. The maximum absolute atomic E-state index is 13.2. The van der Waals surface area contributed by atoms with E-state index in [4.69, 9.17) is 19.9 Å². The van der Waals surface area contributed by atoms with Crippen molar-refractivity contribution in [1.82, 2.24) is 0 Å². The molecule has 0 saturated carbocycles. The fraction of sp³-hybridized carbons (Fsp3) is 0.231. The van der Waals surface area contributed by atoms with E-state index < -0.39 is 0 Å². The Hall–Kier alpha value is -4.00. The topological polar surface area (TPSA) is 86.4 Å². The van der Waals surface area contributed by atoms with Gasteiger partial charge in [0, 0.05) is 12.6 Å². The van der Waals surface area contributed by atoms with E-state index in [9.17, 15) is 4.79 Å². The number of carbonyl (C=O) groups is 1. The second kappa shape index (κ2) is 9.65. The summed E-state index contributed by atoms with van der Waals surface area (Å²) in [4.78, 5) is 19.1. The van der Waals surface area contributed by atoms with Gasteiger partial charge < -0.3 is 24.8 Å². The van der Waals surface area contributed by atoms with Crippen molar-refractivity contribution in [2.45, 2.75) is 13.5 Å². The number of nitrogens with two attached hydrogens (primary N) is 1. The van der Waals surface area contributed by atoms with Crippen molar-refractivity contribution in [2.75, 3.05) is 37.9 Å². The molecule has 2 N–H and O–H groups in total. The summed E-state index contributed by atoms with van der Waals surface area (Å²) in [5.41, 5.74) is 10.5. The molecule has 3 aromatic carbocycles. The van der Waals surface area contributed by atoms with E-state index in [2.05, 4.69) is 4.99 Å². The first-order valence-electron chi connectivity index (χ1n) is 10.7. The smallest absolute Gasteiger partial charge is 0.260 e. The van der Waals surface area contributed by atoms with Crippen LogP contribution in [-0.4, -0.2) is 39.1 Å². The van der Waals surface area contributed by atoms with Crippen molar-refractivity contribution in [3.63, 3.8) is 0 Å². The van der Waals surface area contributed by atoms with Crippen LogP contribution in [-0.2, 0) is 11.3 Å². The first-order valence-corrected chi connectivity index (χ1v) is 10.7. The predicted octanol–water partition coefficient (Wildman–Crippen LogP) is 4.22. The first kappa shape index (κ1) is 22.2. The zero-order valence-corrected chi connectivity index (χ0v) is 19.0. The van der Waals surface area contributed by atoms with E-state index in [0.29, 0.717) is 54.1 Å². The Morgan fingerprint density at radius 2 is 1.91 bits per heavy atom. The molecule has 0 spiro atoms. The van der Waals surface area contributed by atoms with Crippen molar-refractivity contribution < 1.29 is 19.0 Å². The molecule has 0 fully saturated rings. The number of benzene rings is 3. The fourth-order valence-corrected chi connectivity index (χ4v) is 3.63. The monoisotopic (exact) mass is 445 g/mol. The first-order chi connectivity index (χ1) is 16.0. The fourth-order valence-electron chi connectivity index (χ4n) is 3.63. The van der Waals surface area contributed by atoms with E-state index >= 15 is 0 Å². The van der Waals surface area contributed by atoms with Crippen molar-refractivity contribution in [3.05, 3.63) is 82.9 Å². The second-order valence-electron chi connectivity index (χ2n) is 7.78. The molecule has 1 amide bonds. The third kappa shape index (κ3) is 4.77. The highest BCUT2D eigenvalue weighted by molar-refractivity contribution is 6.10. The molecule has 7 nitrogen and oxygen atoms in total. The average molecular weight is 446 g/mol. The molecule has 0 unspecified atom stereocenters. The lowest BCUT2D eigenvalue weighted by atomic mass is 10.1. The van der Waals surface area contributed by atoms with Crippen LogP contribution in [0.15, 0.2) is 65.7 Å². The molecule has 0 bridgehead atoms. The van der Waals surface area contributed by atoms with E-state index in [1.165, 1.54) is 7.11 Å². The zero-order chi connectivity index (χ0) is 23.4. The third-order valence-electron chi connectivity index (χ3n) is 5.48. The lowest BCUT2D eigenvalue weighted by Crippen LogP contribution is -2.27. The van der Waals surface area contributed by atoms with Gasteiger partial charge in [-0.1, -0.05) is 24.3 Å². The van der Waals surface area contributed by atoms with Crippen LogP contribution in [0.3, 0.4) is 0 Å². The number of hydrogen-bond donors (Lipinski definition) is 1. The minimum Gasteiger partial charge on any atom is -0.495 e. The molecule has 4 rings (SSSR count). The molecule has 33 heavy (non-hydrogen) atoms. The molecule has 1 aliphatic heterocycles.